The summed E-state index contributed by atoms with van der Waals surface area (Å²) in [6.07, 6.45) is 0.660. The second kappa shape index (κ2) is 3.55. The number of rotatable bonds is 5. The van der Waals surface area contributed by atoms with Crippen molar-refractivity contribution >= 4 is 9.84 Å². The smallest absolute Gasteiger partial charge is 0.153 e. The molecule has 0 aromatic carbocycles. The van der Waals surface area contributed by atoms with Crippen molar-refractivity contribution in [3.8, 4) is 0 Å². The summed E-state index contributed by atoms with van der Waals surface area (Å²) in [6.45, 7) is 2.51. The number of hydrogen-bond acceptors (Lipinski definition) is 4. The van der Waals surface area contributed by atoms with E-state index in [9.17, 15) is 8.42 Å². The molecule has 0 bridgehead atoms. The molecule has 0 spiro atoms. The average Bonchev–Trinajstić information content (AvgIpc) is 2.82. The Balaban J connectivity index is 2.70. The van der Waals surface area contributed by atoms with E-state index < -0.39 is 9.84 Å². The molecule has 13 heavy (non-hydrogen) atoms. The van der Waals surface area contributed by atoms with Crippen molar-refractivity contribution in [3.63, 3.8) is 0 Å². The SMILES string of the molecule is CCS(=O)(=O)[C@@H]1C[C@]1(CN)COC. The molecule has 0 aromatic heterocycles. The summed E-state index contributed by atoms with van der Waals surface area (Å²) >= 11 is 0. The lowest BCUT2D eigenvalue weighted by molar-refractivity contribution is 0.145. The number of hydrogen-bond donors (Lipinski definition) is 1. The molecule has 2 N–H and O–H groups in total. The lowest BCUT2D eigenvalue weighted by Gasteiger charge is -2.12. The fraction of sp³-hybridized carbons (Fsp3) is 1.00. The Labute approximate surface area is 79.4 Å². The second-order valence-electron chi connectivity index (χ2n) is 3.64. The van der Waals surface area contributed by atoms with Gasteiger partial charge < -0.3 is 10.5 Å². The summed E-state index contributed by atoms with van der Waals surface area (Å²) < 4.78 is 28.0. The molecule has 0 aromatic rings. The van der Waals surface area contributed by atoms with Crippen molar-refractivity contribution in [1.82, 2.24) is 0 Å². The van der Waals surface area contributed by atoms with Gasteiger partial charge in [0, 0.05) is 24.8 Å². The summed E-state index contributed by atoms with van der Waals surface area (Å²) in [5.41, 5.74) is 5.26. The van der Waals surface area contributed by atoms with Crippen molar-refractivity contribution in [2.75, 3.05) is 26.0 Å². The van der Waals surface area contributed by atoms with Crippen molar-refractivity contribution < 1.29 is 13.2 Å². The first-order chi connectivity index (χ1) is 6.02. The Morgan fingerprint density at radius 3 is 2.62 bits per heavy atom. The van der Waals surface area contributed by atoms with Crippen LogP contribution in [-0.4, -0.2) is 39.7 Å². The third kappa shape index (κ3) is 1.87. The molecule has 1 fully saturated rings. The minimum Gasteiger partial charge on any atom is -0.384 e. The van der Waals surface area contributed by atoms with Crippen LogP contribution >= 0.6 is 0 Å². The number of methoxy groups -OCH3 is 1. The molecule has 1 aliphatic carbocycles. The molecule has 78 valence electrons. The molecule has 0 saturated heterocycles. The maximum Gasteiger partial charge on any atom is 0.153 e. The highest BCUT2D eigenvalue weighted by molar-refractivity contribution is 7.92. The predicted molar refractivity (Wildman–Crippen MR) is 51.2 cm³/mol. The van der Waals surface area contributed by atoms with E-state index in [0.29, 0.717) is 19.6 Å². The van der Waals surface area contributed by atoms with Gasteiger partial charge in [0.2, 0.25) is 0 Å². The lowest BCUT2D eigenvalue weighted by atomic mass is 10.1. The maximum atomic E-state index is 11.5. The highest BCUT2D eigenvalue weighted by atomic mass is 32.2. The monoisotopic (exact) mass is 207 g/mol. The summed E-state index contributed by atoms with van der Waals surface area (Å²) in [7, 11) is -1.35. The zero-order chi connectivity index (χ0) is 10.1. The van der Waals surface area contributed by atoms with E-state index >= 15 is 0 Å². The van der Waals surface area contributed by atoms with Crippen LogP contribution in [0.15, 0.2) is 0 Å². The van der Waals surface area contributed by atoms with Gasteiger partial charge in [-0.3, -0.25) is 0 Å². The van der Waals surface area contributed by atoms with E-state index in [0.717, 1.165) is 0 Å². The quantitative estimate of drug-likeness (QED) is 0.677. The van der Waals surface area contributed by atoms with Crippen LogP contribution in [0.3, 0.4) is 0 Å². The molecule has 0 heterocycles. The standard InChI is InChI=1S/C8H17NO3S/c1-3-13(10,11)7-4-8(7,5-9)6-12-2/h7H,3-6,9H2,1-2H3/t7-,8+/m1/s1. The molecule has 0 aliphatic heterocycles. The van der Waals surface area contributed by atoms with E-state index in [-0.39, 0.29) is 16.4 Å². The normalized spacial score (nSPS) is 33.3. The van der Waals surface area contributed by atoms with Gasteiger partial charge in [-0.15, -0.1) is 0 Å². The molecule has 1 rings (SSSR count). The van der Waals surface area contributed by atoms with E-state index in [2.05, 4.69) is 0 Å². The zero-order valence-electron chi connectivity index (χ0n) is 8.12. The molecule has 0 amide bonds. The molecule has 0 unspecified atom stereocenters. The number of nitrogens with two attached hydrogens (primary N) is 1. The maximum absolute atomic E-state index is 11.5. The first kappa shape index (κ1) is 10.9. The topological polar surface area (TPSA) is 69.4 Å². The van der Waals surface area contributed by atoms with Gasteiger partial charge in [0.05, 0.1) is 11.9 Å². The Morgan fingerprint density at radius 1 is 1.62 bits per heavy atom. The molecule has 5 heteroatoms. The van der Waals surface area contributed by atoms with Gasteiger partial charge >= 0.3 is 0 Å². The molecule has 4 nitrogen and oxygen atoms in total. The van der Waals surface area contributed by atoms with Gasteiger partial charge in [0.1, 0.15) is 0 Å². The van der Waals surface area contributed by atoms with Gasteiger partial charge in [-0.1, -0.05) is 6.92 Å². The minimum atomic E-state index is -2.93. The van der Waals surface area contributed by atoms with Crippen LogP contribution in [0.5, 0.6) is 0 Å². The van der Waals surface area contributed by atoms with Crippen molar-refractivity contribution in [3.05, 3.63) is 0 Å². The van der Waals surface area contributed by atoms with Gasteiger partial charge in [0.25, 0.3) is 0 Å². The molecule has 1 aliphatic rings. The van der Waals surface area contributed by atoms with Crippen LogP contribution in [0, 0.1) is 5.41 Å². The highest BCUT2D eigenvalue weighted by Crippen LogP contribution is 2.50. The van der Waals surface area contributed by atoms with Gasteiger partial charge in [0.15, 0.2) is 9.84 Å². The fourth-order valence-electron chi connectivity index (χ4n) is 1.73. The summed E-state index contributed by atoms with van der Waals surface area (Å²) in [6, 6.07) is 0. The Morgan fingerprint density at radius 2 is 2.23 bits per heavy atom. The van der Waals surface area contributed by atoms with Crippen LogP contribution in [0.25, 0.3) is 0 Å². The summed E-state index contributed by atoms with van der Waals surface area (Å²) in [5.74, 6) is 0.198. The molecule has 1 saturated carbocycles. The predicted octanol–water partition coefficient (Wildman–Crippen LogP) is -0.215. The second-order valence-corrected chi connectivity index (χ2v) is 6.12. The number of sulfone groups is 1. The minimum absolute atomic E-state index is 0.198. The third-order valence-corrected chi connectivity index (χ3v) is 5.13. The third-order valence-electron chi connectivity index (χ3n) is 2.79. The molecule has 2 atom stereocenters. The first-order valence-electron chi connectivity index (χ1n) is 4.43. The van der Waals surface area contributed by atoms with E-state index in [1.54, 1.807) is 14.0 Å². The molecule has 0 radical (unpaired) electrons. The average molecular weight is 207 g/mol. The summed E-state index contributed by atoms with van der Waals surface area (Å²) in [4.78, 5) is 0. The van der Waals surface area contributed by atoms with Crippen LogP contribution < -0.4 is 5.73 Å². The Bertz CT molecular complexity index is 275. The van der Waals surface area contributed by atoms with Crippen molar-refractivity contribution in [1.29, 1.82) is 0 Å². The van der Waals surface area contributed by atoms with Crippen molar-refractivity contribution in [2.45, 2.75) is 18.6 Å². The molecular weight excluding hydrogens is 190 g/mol. The zero-order valence-corrected chi connectivity index (χ0v) is 8.93. The van der Waals surface area contributed by atoms with E-state index in [4.69, 9.17) is 10.5 Å². The molecular formula is C8H17NO3S. The van der Waals surface area contributed by atoms with Crippen LogP contribution in [0.2, 0.25) is 0 Å². The van der Waals surface area contributed by atoms with Gasteiger partial charge in [-0.2, -0.15) is 0 Å². The van der Waals surface area contributed by atoms with E-state index in [1.165, 1.54) is 0 Å². The number of ether oxygens (including phenoxy) is 1. The first-order valence-corrected chi connectivity index (χ1v) is 6.14. The van der Waals surface area contributed by atoms with Crippen LogP contribution in [0.4, 0.5) is 0 Å². The summed E-state index contributed by atoms with van der Waals surface area (Å²) in [5, 5.41) is -0.269. The lowest BCUT2D eigenvalue weighted by Crippen LogP contribution is -2.28. The Kier molecular flexibility index (Phi) is 2.99. The van der Waals surface area contributed by atoms with Gasteiger partial charge in [-0.05, 0) is 6.42 Å². The van der Waals surface area contributed by atoms with E-state index in [1.807, 2.05) is 0 Å². The highest BCUT2D eigenvalue weighted by Gasteiger charge is 2.59. The van der Waals surface area contributed by atoms with Crippen LogP contribution in [-0.2, 0) is 14.6 Å². The van der Waals surface area contributed by atoms with Gasteiger partial charge in [-0.25, -0.2) is 8.42 Å². The largest absolute Gasteiger partial charge is 0.384 e. The Hall–Kier alpha value is -0.130. The van der Waals surface area contributed by atoms with Crippen molar-refractivity contribution in [2.24, 2.45) is 11.1 Å². The fourth-order valence-corrected chi connectivity index (χ4v) is 3.65. The van der Waals surface area contributed by atoms with Crippen LogP contribution in [0.1, 0.15) is 13.3 Å².